The van der Waals surface area contributed by atoms with E-state index in [9.17, 15) is 28.8 Å². The van der Waals surface area contributed by atoms with Gasteiger partial charge in [0, 0.05) is 78.7 Å². The predicted octanol–water partition coefficient (Wildman–Crippen LogP) is 9.64. The van der Waals surface area contributed by atoms with Crippen LogP contribution in [0.15, 0.2) is 64.8 Å². The monoisotopic (exact) mass is 1290 g/mol. The van der Waals surface area contributed by atoms with Gasteiger partial charge in [0.25, 0.3) is 0 Å². The van der Waals surface area contributed by atoms with Crippen molar-refractivity contribution in [2.45, 2.75) is 95.3 Å². The largest absolute Gasteiger partial charge is 0.491 e. The van der Waals surface area contributed by atoms with Crippen LogP contribution in [0.25, 0.3) is 20.9 Å². The Morgan fingerprint density at radius 1 is 0.539 bits per heavy atom. The number of rotatable bonds is 36. The van der Waals surface area contributed by atoms with Gasteiger partial charge in [-0.05, 0) is 141 Å². The fourth-order valence-electron chi connectivity index (χ4n) is 8.00. The lowest BCUT2D eigenvalue weighted by Gasteiger charge is -2.15. The van der Waals surface area contributed by atoms with Crippen molar-refractivity contribution in [2.24, 2.45) is 16.0 Å². The van der Waals surface area contributed by atoms with E-state index in [0.29, 0.717) is 75.3 Å². The smallest absolute Gasteiger partial charge is 0.244 e. The van der Waals surface area contributed by atoms with E-state index in [1.165, 1.54) is 40.2 Å². The highest BCUT2D eigenvalue weighted by Crippen LogP contribution is 2.28. The highest BCUT2D eigenvalue weighted by atomic mass is 32.2. The maximum atomic E-state index is 12.0. The first kappa shape index (κ1) is 77.9. The van der Waals surface area contributed by atoms with E-state index in [4.69, 9.17) is 67.5 Å². The third-order valence-electron chi connectivity index (χ3n) is 12.8. The lowest BCUT2D eigenvalue weighted by atomic mass is 10.2. The second kappa shape index (κ2) is 46.0. The number of nitrogens with zero attached hydrogens (tertiary/aromatic N) is 9. The topological polar surface area (TPSA) is 322 Å². The van der Waals surface area contributed by atoms with E-state index in [-0.39, 0.29) is 125 Å². The number of imide groups is 3. The van der Waals surface area contributed by atoms with E-state index in [2.05, 4.69) is 37.2 Å². The summed E-state index contributed by atoms with van der Waals surface area (Å²) >= 11 is 4.14. The highest BCUT2D eigenvalue weighted by Gasteiger charge is 2.40. The summed E-state index contributed by atoms with van der Waals surface area (Å²) in [5, 5.41) is 9.70. The molecule has 89 heavy (non-hydrogen) atoms. The van der Waals surface area contributed by atoms with Crippen molar-refractivity contribution in [3.05, 3.63) is 92.2 Å². The Labute approximate surface area is 535 Å². The molecule has 6 rings (SSSR count). The average Bonchev–Trinajstić information content (AvgIpc) is 2.59. The Kier molecular flexibility index (Phi) is 40.3. The predicted molar refractivity (Wildman–Crippen MR) is 348 cm³/mol. The van der Waals surface area contributed by atoms with Crippen molar-refractivity contribution in [1.82, 2.24) is 14.7 Å². The summed E-state index contributed by atoms with van der Waals surface area (Å²) in [7, 11) is 0. The van der Waals surface area contributed by atoms with Gasteiger partial charge in [-0.1, -0.05) is 17.7 Å². The Morgan fingerprint density at radius 2 is 0.921 bits per heavy atom. The van der Waals surface area contributed by atoms with E-state index in [0.717, 1.165) is 70.3 Å². The molecule has 486 valence electrons. The van der Waals surface area contributed by atoms with Gasteiger partial charge in [0.2, 0.25) is 35.4 Å². The van der Waals surface area contributed by atoms with Crippen LogP contribution in [-0.4, -0.2) is 184 Å². The molecule has 0 aromatic heterocycles. The number of anilines is 1. The van der Waals surface area contributed by atoms with E-state index >= 15 is 0 Å². The van der Waals surface area contributed by atoms with Gasteiger partial charge >= 0.3 is 0 Å². The standard InChI is InChI=1S/C24H34N2O5S.2C15H18N4O4S.C6H11NO.CH4/c1-4-5-12-29-13-8-6-7-11-25-21-10-9-20(16-19(21)2)31-15-14-30-18-26-23(27)17-22(32-3)24(26)28;2*1-10-7-11(3-4-12(10)17-18-16)23-6-5-22-9-19-14(20)8-13(24-2)15(19)21;1-2-3-5-8-6-4-7;/h1,9-10,16,22,25H,5-8,11-15,17-18H2,2-3H3;2*3-4,7,13H,5-6,8-9H2,1-2H3;1H,3-7H2;1H4. The van der Waals surface area contributed by atoms with Gasteiger partial charge in [-0.15, -0.1) is 24.7 Å². The number of carbonyl (C=O) groups is 6. The Morgan fingerprint density at radius 3 is 1.26 bits per heavy atom. The molecule has 28 heteroatoms. The first-order valence-corrected chi connectivity index (χ1v) is 32.1. The Hall–Kier alpha value is -7.17. The van der Waals surface area contributed by atoms with Crippen molar-refractivity contribution in [3.63, 3.8) is 0 Å². The number of nitrogens with one attached hydrogen (secondary N) is 1. The van der Waals surface area contributed by atoms with E-state index in [1.807, 2.05) is 57.7 Å². The summed E-state index contributed by atoms with van der Waals surface area (Å²) in [4.78, 5) is 80.0. The number of benzene rings is 3. The zero-order valence-corrected chi connectivity index (χ0v) is 53.3. The first-order chi connectivity index (χ1) is 42.6. The molecule has 3 saturated heterocycles. The third kappa shape index (κ3) is 28.9. The summed E-state index contributed by atoms with van der Waals surface area (Å²) in [6.07, 6.45) is 20.9. The van der Waals surface area contributed by atoms with Crippen LogP contribution >= 0.6 is 35.3 Å². The molecule has 3 aliphatic rings. The van der Waals surface area contributed by atoms with Gasteiger partial charge in [0.15, 0.2) is 0 Å². The van der Waals surface area contributed by atoms with Gasteiger partial charge in [-0.2, -0.15) is 35.3 Å². The van der Waals surface area contributed by atoms with Gasteiger partial charge in [0.1, 0.15) is 57.3 Å². The van der Waals surface area contributed by atoms with Crippen LogP contribution in [0.1, 0.15) is 75.5 Å². The summed E-state index contributed by atoms with van der Waals surface area (Å²) in [5.41, 5.74) is 26.9. The minimum atomic E-state index is -0.296. The fraction of sp³-hybridized carbons (Fsp3) is 0.541. The molecule has 0 radical (unpaired) electrons. The number of nitrogens with two attached hydrogens (primary N) is 1. The second-order valence-corrected chi connectivity index (χ2v) is 22.2. The molecule has 0 bridgehead atoms. The van der Waals surface area contributed by atoms with Crippen LogP contribution < -0.4 is 25.3 Å². The molecule has 0 aliphatic carbocycles. The summed E-state index contributed by atoms with van der Waals surface area (Å²) in [6.45, 7) is 11.4. The van der Waals surface area contributed by atoms with Crippen LogP contribution in [0.5, 0.6) is 17.2 Å². The second-order valence-electron chi connectivity index (χ2n) is 19.1. The zero-order chi connectivity index (χ0) is 64.5. The minimum Gasteiger partial charge on any atom is -0.491 e. The molecule has 3 aromatic carbocycles. The van der Waals surface area contributed by atoms with Crippen LogP contribution in [0.3, 0.4) is 0 Å². The average molecular weight is 1290 g/mol. The number of carbonyl (C=O) groups excluding carboxylic acids is 6. The van der Waals surface area contributed by atoms with Gasteiger partial charge in [-0.3, -0.25) is 43.5 Å². The number of aryl methyl sites for hydroxylation is 3. The number of thioether (sulfide) groups is 3. The maximum absolute atomic E-state index is 12.0. The molecular formula is C61H85N11O14S3. The number of unbranched alkanes of at least 4 members (excludes halogenated alkanes) is 2. The van der Waals surface area contributed by atoms with Crippen molar-refractivity contribution in [3.8, 4) is 41.9 Å². The molecule has 3 aromatic rings. The lowest BCUT2D eigenvalue weighted by Crippen LogP contribution is -2.34. The van der Waals surface area contributed by atoms with Crippen molar-refractivity contribution in [1.29, 1.82) is 0 Å². The van der Waals surface area contributed by atoms with Crippen LogP contribution in [0.4, 0.5) is 17.1 Å². The molecule has 3 unspecified atom stereocenters. The van der Waals surface area contributed by atoms with E-state index in [1.54, 1.807) is 36.4 Å². The highest BCUT2D eigenvalue weighted by molar-refractivity contribution is 8.00. The molecule has 3 fully saturated rings. The molecule has 25 nitrogen and oxygen atoms in total. The Balaban J connectivity index is 0.000000430. The SMILES string of the molecule is C.C#CCCOCCCCCNc1ccc(OCCOCN2C(=O)CC(SC)C2=O)cc1C.C#CCCOCCN.CSC1CC(=O)N(COCCOc2ccc(N=[N+]=[N-])c(C)c2)C1=O.CSC1CC(=O)N(COCCOc2ccc(N=[N+]=[N-])c(C)c2)C1=O. The summed E-state index contributed by atoms with van der Waals surface area (Å²) < 4.78 is 43.3. The summed E-state index contributed by atoms with van der Waals surface area (Å²) in [6, 6.07) is 16.2. The Bertz CT molecular complexity index is 2790. The number of amides is 6. The fourth-order valence-corrected chi connectivity index (χ4v) is 9.91. The first-order valence-electron chi connectivity index (χ1n) is 28.2. The molecule has 6 amide bonds. The van der Waals surface area contributed by atoms with E-state index < -0.39 is 0 Å². The normalized spacial score (nSPS) is 15.7. The van der Waals surface area contributed by atoms with Crippen LogP contribution in [-0.2, 0) is 52.5 Å². The van der Waals surface area contributed by atoms with Gasteiger partial charge in [-0.25, -0.2) is 0 Å². The number of likely N-dealkylation sites (tertiary alicyclic amines) is 3. The lowest BCUT2D eigenvalue weighted by molar-refractivity contribution is -0.146. The van der Waals surface area contributed by atoms with Crippen LogP contribution in [0, 0.1) is 45.5 Å². The molecule has 3 heterocycles. The zero-order valence-electron chi connectivity index (χ0n) is 50.9. The van der Waals surface area contributed by atoms with Gasteiger partial charge in [0.05, 0.1) is 55.4 Å². The number of azide groups is 2. The quantitative estimate of drug-likeness (QED) is 0.0137. The van der Waals surface area contributed by atoms with Crippen molar-refractivity contribution in [2.75, 3.05) is 123 Å². The summed E-state index contributed by atoms with van der Waals surface area (Å²) in [5.74, 6) is 5.89. The minimum absolute atomic E-state index is 0. The van der Waals surface area contributed by atoms with Gasteiger partial charge < -0.3 is 48.9 Å². The van der Waals surface area contributed by atoms with Crippen molar-refractivity contribution >= 4 is 87.8 Å². The van der Waals surface area contributed by atoms with Crippen LogP contribution in [0.2, 0.25) is 0 Å². The molecule has 3 atom stereocenters. The number of hydrogen-bond donors (Lipinski definition) is 2. The number of hydrogen-bond acceptors (Lipinski definition) is 21. The molecule has 0 spiro atoms. The molecule has 0 saturated carbocycles. The molecular weight excluding hydrogens is 1210 g/mol. The molecule has 3 aliphatic heterocycles. The van der Waals surface area contributed by atoms with Crippen molar-refractivity contribution < 1.29 is 66.7 Å². The maximum Gasteiger partial charge on any atom is 0.244 e. The number of ether oxygens (including phenoxy) is 8. The molecule has 3 N–H and O–H groups in total. The third-order valence-corrected chi connectivity index (χ3v) is 15.6. The number of terminal acetylenes is 2.